The zero-order valence-corrected chi connectivity index (χ0v) is 10.4. The van der Waals surface area contributed by atoms with Crippen molar-refractivity contribution in [3.63, 3.8) is 0 Å². The van der Waals surface area contributed by atoms with Crippen LogP contribution < -0.4 is 5.73 Å². The first-order valence-electron chi connectivity index (χ1n) is 5.44. The van der Waals surface area contributed by atoms with Gasteiger partial charge in [-0.1, -0.05) is 6.42 Å². The van der Waals surface area contributed by atoms with Crippen molar-refractivity contribution in [2.24, 2.45) is 5.73 Å². The van der Waals surface area contributed by atoms with E-state index >= 15 is 0 Å². The van der Waals surface area contributed by atoms with Gasteiger partial charge in [-0.05, 0) is 12.8 Å². The van der Waals surface area contributed by atoms with E-state index in [2.05, 4.69) is 15.3 Å². The maximum Gasteiger partial charge on any atom is 0.142 e. The van der Waals surface area contributed by atoms with Crippen molar-refractivity contribution in [3.05, 3.63) is 22.0 Å². The topological polar surface area (TPSA) is 51.8 Å². The normalized spacial score (nSPS) is 25.1. The first-order valence-corrected chi connectivity index (χ1v) is 7.26. The molecule has 0 bridgehead atoms. The van der Waals surface area contributed by atoms with Crippen LogP contribution in [0.15, 0.2) is 16.3 Å². The van der Waals surface area contributed by atoms with Gasteiger partial charge in [0.1, 0.15) is 10.7 Å². The van der Waals surface area contributed by atoms with E-state index in [4.69, 9.17) is 5.73 Å². The Morgan fingerprint density at radius 1 is 1.31 bits per heavy atom. The molecule has 2 heterocycles. The van der Waals surface area contributed by atoms with Crippen LogP contribution in [0.5, 0.6) is 0 Å². The first kappa shape index (κ1) is 10.4. The van der Waals surface area contributed by atoms with Gasteiger partial charge in [-0.15, -0.1) is 22.7 Å². The molecule has 2 N–H and O–H groups in total. The van der Waals surface area contributed by atoms with Crippen molar-refractivity contribution < 1.29 is 0 Å². The second kappa shape index (κ2) is 4.24. The lowest BCUT2D eigenvalue weighted by Gasteiger charge is -2.11. The van der Waals surface area contributed by atoms with Crippen LogP contribution in [0.2, 0.25) is 0 Å². The molecule has 0 spiro atoms. The van der Waals surface area contributed by atoms with Gasteiger partial charge in [-0.2, -0.15) is 0 Å². The largest absolute Gasteiger partial charge is 0.327 e. The Morgan fingerprint density at radius 3 is 2.94 bits per heavy atom. The third kappa shape index (κ3) is 1.79. The molecule has 2 atom stereocenters. The van der Waals surface area contributed by atoms with Crippen molar-refractivity contribution in [3.8, 4) is 10.7 Å². The van der Waals surface area contributed by atoms with Gasteiger partial charge in [0, 0.05) is 22.7 Å². The molecular weight excluding hydrogens is 238 g/mol. The molecule has 2 aromatic heterocycles. The number of aromatic nitrogens is 2. The Balaban J connectivity index is 1.88. The summed E-state index contributed by atoms with van der Waals surface area (Å²) in [5.74, 6) is 0.462. The highest BCUT2D eigenvalue weighted by Gasteiger charge is 2.27. The number of hydrogen-bond donors (Lipinski definition) is 1. The van der Waals surface area contributed by atoms with Gasteiger partial charge in [0.2, 0.25) is 0 Å². The summed E-state index contributed by atoms with van der Waals surface area (Å²) < 4.78 is 0. The number of nitrogens with two attached hydrogens (primary N) is 1. The van der Waals surface area contributed by atoms with Gasteiger partial charge in [0.25, 0.3) is 0 Å². The Bertz CT molecular complexity index is 463. The number of nitrogens with zero attached hydrogens (tertiary/aromatic N) is 2. The van der Waals surface area contributed by atoms with E-state index < -0.39 is 0 Å². The van der Waals surface area contributed by atoms with E-state index in [0.29, 0.717) is 12.0 Å². The van der Waals surface area contributed by atoms with Crippen LogP contribution in [0.3, 0.4) is 0 Å². The average Bonchev–Trinajstić information content (AvgIpc) is 2.96. The molecule has 0 radical (unpaired) electrons. The molecule has 1 saturated carbocycles. The van der Waals surface area contributed by atoms with Crippen LogP contribution >= 0.6 is 22.7 Å². The highest BCUT2D eigenvalue weighted by molar-refractivity contribution is 7.13. The summed E-state index contributed by atoms with van der Waals surface area (Å²) in [4.78, 5) is 8.95. The van der Waals surface area contributed by atoms with E-state index in [0.717, 1.165) is 22.8 Å². The predicted molar refractivity (Wildman–Crippen MR) is 67.8 cm³/mol. The summed E-state index contributed by atoms with van der Waals surface area (Å²) >= 11 is 3.28. The van der Waals surface area contributed by atoms with E-state index in [1.807, 2.05) is 10.9 Å². The lowest BCUT2D eigenvalue weighted by Crippen LogP contribution is -2.22. The van der Waals surface area contributed by atoms with Crippen LogP contribution in [0.4, 0.5) is 0 Å². The lowest BCUT2D eigenvalue weighted by atomic mass is 10.0. The number of rotatable bonds is 2. The van der Waals surface area contributed by atoms with E-state index in [9.17, 15) is 0 Å². The van der Waals surface area contributed by atoms with Crippen LogP contribution in [-0.4, -0.2) is 16.0 Å². The molecule has 1 aliphatic carbocycles. The fourth-order valence-corrected chi connectivity index (χ4v) is 3.71. The Labute approximate surface area is 102 Å². The fraction of sp³-hybridized carbons (Fsp3) is 0.455. The molecular formula is C11H13N3S2. The van der Waals surface area contributed by atoms with Gasteiger partial charge in [0.05, 0.1) is 11.2 Å². The van der Waals surface area contributed by atoms with Gasteiger partial charge in [-0.3, -0.25) is 0 Å². The molecule has 2 unspecified atom stereocenters. The molecule has 0 aromatic carbocycles. The minimum atomic E-state index is 0.297. The lowest BCUT2D eigenvalue weighted by molar-refractivity contribution is 0.602. The minimum Gasteiger partial charge on any atom is -0.327 e. The van der Waals surface area contributed by atoms with Crippen molar-refractivity contribution in [2.75, 3.05) is 0 Å². The molecule has 1 aliphatic rings. The molecule has 0 aliphatic heterocycles. The highest BCUT2D eigenvalue weighted by atomic mass is 32.1. The Hall–Kier alpha value is -0.780. The molecule has 2 aromatic rings. The zero-order valence-electron chi connectivity index (χ0n) is 8.80. The Kier molecular flexibility index (Phi) is 2.75. The standard InChI is InChI=1S/C11H13N3S2/c12-8-3-1-2-7(8)9-5-16-11(14-9)10-4-15-6-13-10/h4-8H,1-3,12H2. The summed E-state index contributed by atoms with van der Waals surface area (Å²) in [6, 6.07) is 0.297. The third-order valence-corrected chi connectivity index (χ3v) is 4.59. The molecule has 3 nitrogen and oxygen atoms in total. The van der Waals surface area contributed by atoms with Crippen LogP contribution in [-0.2, 0) is 0 Å². The summed E-state index contributed by atoms with van der Waals surface area (Å²) in [6.07, 6.45) is 3.55. The quantitative estimate of drug-likeness (QED) is 0.893. The zero-order chi connectivity index (χ0) is 11.0. The molecule has 3 rings (SSSR count). The van der Waals surface area contributed by atoms with Crippen LogP contribution in [0, 0.1) is 0 Å². The van der Waals surface area contributed by atoms with Gasteiger partial charge < -0.3 is 5.73 Å². The van der Waals surface area contributed by atoms with E-state index in [-0.39, 0.29) is 0 Å². The van der Waals surface area contributed by atoms with Crippen molar-refractivity contribution in [1.29, 1.82) is 0 Å². The predicted octanol–water partition coefficient (Wildman–Crippen LogP) is 2.86. The van der Waals surface area contributed by atoms with Crippen LogP contribution in [0.1, 0.15) is 30.9 Å². The highest BCUT2D eigenvalue weighted by Crippen LogP contribution is 2.35. The molecule has 0 saturated heterocycles. The third-order valence-electron chi connectivity index (χ3n) is 3.12. The fourth-order valence-electron chi connectivity index (χ4n) is 2.25. The van der Waals surface area contributed by atoms with Crippen LogP contribution in [0.25, 0.3) is 10.7 Å². The monoisotopic (exact) mass is 251 g/mol. The van der Waals surface area contributed by atoms with E-state index in [1.165, 1.54) is 12.8 Å². The van der Waals surface area contributed by atoms with E-state index in [1.54, 1.807) is 22.7 Å². The first-order chi connectivity index (χ1) is 7.84. The molecule has 0 amide bonds. The molecule has 5 heteroatoms. The Morgan fingerprint density at radius 2 is 2.25 bits per heavy atom. The van der Waals surface area contributed by atoms with Gasteiger partial charge >= 0.3 is 0 Å². The molecule has 84 valence electrons. The van der Waals surface area contributed by atoms with Crippen molar-refractivity contribution in [1.82, 2.24) is 9.97 Å². The number of thiazole rings is 2. The summed E-state index contributed by atoms with van der Waals surface area (Å²) in [6.45, 7) is 0. The van der Waals surface area contributed by atoms with Gasteiger partial charge in [0.15, 0.2) is 0 Å². The second-order valence-electron chi connectivity index (χ2n) is 4.15. The summed E-state index contributed by atoms with van der Waals surface area (Å²) in [5, 5.41) is 5.21. The maximum absolute atomic E-state index is 6.09. The second-order valence-corrected chi connectivity index (χ2v) is 5.73. The van der Waals surface area contributed by atoms with Gasteiger partial charge in [-0.25, -0.2) is 9.97 Å². The minimum absolute atomic E-state index is 0.297. The number of hydrogen-bond acceptors (Lipinski definition) is 5. The van der Waals surface area contributed by atoms with Crippen molar-refractivity contribution >= 4 is 22.7 Å². The van der Waals surface area contributed by atoms with Crippen molar-refractivity contribution in [2.45, 2.75) is 31.2 Å². The maximum atomic E-state index is 6.09. The summed E-state index contributed by atoms with van der Waals surface area (Å²) in [7, 11) is 0. The average molecular weight is 251 g/mol. The SMILES string of the molecule is NC1CCCC1c1csc(-c2cscn2)n1. The molecule has 16 heavy (non-hydrogen) atoms. The smallest absolute Gasteiger partial charge is 0.142 e. The summed E-state index contributed by atoms with van der Waals surface area (Å²) in [5.41, 5.74) is 10.1. The molecule has 1 fully saturated rings.